The van der Waals surface area contributed by atoms with Crippen LogP contribution in [0.4, 0.5) is 0 Å². The minimum atomic E-state index is -0.198. The minimum Gasteiger partial charge on any atom is -0.466 e. The van der Waals surface area contributed by atoms with E-state index in [1.54, 1.807) is 0 Å². The molecule has 0 aromatic heterocycles. The normalized spacial score (nSPS) is 28.5. The molecule has 0 atom stereocenters. The number of esters is 1. The van der Waals surface area contributed by atoms with Crippen molar-refractivity contribution in [3.8, 4) is 0 Å². The van der Waals surface area contributed by atoms with Crippen LogP contribution in [0.25, 0.3) is 0 Å². The van der Waals surface area contributed by atoms with E-state index in [0.717, 1.165) is 32.1 Å². The molecule has 0 aliphatic heterocycles. The fourth-order valence-corrected chi connectivity index (χ4v) is 1.80. The molecule has 1 fully saturated rings. The highest BCUT2D eigenvalue weighted by Crippen LogP contribution is 2.26. The van der Waals surface area contributed by atoms with E-state index in [1.807, 2.05) is 0 Å². The van der Waals surface area contributed by atoms with Crippen LogP contribution in [0.5, 0.6) is 0 Å². The molecule has 1 aliphatic rings. The lowest BCUT2D eigenvalue weighted by molar-refractivity contribution is -0.141. The second kappa shape index (κ2) is 5.22. The Bertz CT molecular complexity index is 160. The van der Waals surface area contributed by atoms with Gasteiger partial charge in [-0.1, -0.05) is 0 Å². The SMILES string of the molecule is CC(=O)OCCC1CCC(O)CC1. The first-order valence-electron chi connectivity index (χ1n) is 5.00. The fraction of sp³-hybridized carbons (Fsp3) is 0.900. The van der Waals surface area contributed by atoms with Crippen LogP contribution in [-0.4, -0.2) is 23.8 Å². The van der Waals surface area contributed by atoms with Crippen LogP contribution in [0, 0.1) is 5.92 Å². The fourth-order valence-electron chi connectivity index (χ4n) is 1.80. The van der Waals surface area contributed by atoms with Crippen molar-refractivity contribution in [2.24, 2.45) is 5.92 Å². The van der Waals surface area contributed by atoms with Gasteiger partial charge in [0, 0.05) is 6.92 Å². The van der Waals surface area contributed by atoms with Crippen LogP contribution in [0.15, 0.2) is 0 Å². The van der Waals surface area contributed by atoms with E-state index in [2.05, 4.69) is 0 Å². The zero-order valence-corrected chi connectivity index (χ0v) is 8.16. The number of aliphatic hydroxyl groups excluding tert-OH is 1. The molecule has 0 spiro atoms. The monoisotopic (exact) mass is 186 g/mol. The van der Waals surface area contributed by atoms with E-state index < -0.39 is 0 Å². The van der Waals surface area contributed by atoms with E-state index in [-0.39, 0.29) is 12.1 Å². The summed E-state index contributed by atoms with van der Waals surface area (Å²) in [6.45, 7) is 1.97. The van der Waals surface area contributed by atoms with Gasteiger partial charge in [-0.25, -0.2) is 0 Å². The highest BCUT2D eigenvalue weighted by molar-refractivity contribution is 5.65. The summed E-state index contributed by atoms with van der Waals surface area (Å²) in [7, 11) is 0. The maximum absolute atomic E-state index is 10.5. The molecule has 3 heteroatoms. The predicted molar refractivity (Wildman–Crippen MR) is 49.2 cm³/mol. The van der Waals surface area contributed by atoms with E-state index in [4.69, 9.17) is 4.74 Å². The Morgan fingerprint density at radius 3 is 2.54 bits per heavy atom. The third-order valence-electron chi connectivity index (χ3n) is 2.65. The zero-order valence-electron chi connectivity index (χ0n) is 8.16. The third-order valence-corrected chi connectivity index (χ3v) is 2.65. The topological polar surface area (TPSA) is 46.5 Å². The lowest BCUT2D eigenvalue weighted by Gasteiger charge is -2.24. The standard InChI is InChI=1S/C10H18O3/c1-8(11)13-7-6-9-2-4-10(12)5-3-9/h9-10,12H,2-7H2,1H3. The lowest BCUT2D eigenvalue weighted by atomic mass is 9.86. The lowest BCUT2D eigenvalue weighted by Crippen LogP contribution is -2.19. The molecule has 3 nitrogen and oxygen atoms in total. The number of carbonyl (C=O) groups is 1. The second-order valence-corrected chi connectivity index (χ2v) is 3.80. The largest absolute Gasteiger partial charge is 0.466 e. The molecule has 1 aliphatic carbocycles. The van der Waals surface area contributed by atoms with E-state index in [1.165, 1.54) is 6.92 Å². The number of aliphatic hydroxyl groups is 1. The summed E-state index contributed by atoms with van der Waals surface area (Å²) in [6, 6.07) is 0. The Balaban J connectivity index is 2.05. The predicted octanol–water partition coefficient (Wildman–Crippen LogP) is 1.49. The molecule has 1 rings (SSSR count). The summed E-state index contributed by atoms with van der Waals surface area (Å²) in [5.41, 5.74) is 0. The first-order valence-corrected chi connectivity index (χ1v) is 5.00. The average molecular weight is 186 g/mol. The second-order valence-electron chi connectivity index (χ2n) is 3.80. The highest BCUT2D eigenvalue weighted by atomic mass is 16.5. The summed E-state index contributed by atoms with van der Waals surface area (Å²) in [5.74, 6) is 0.443. The van der Waals surface area contributed by atoms with Crippen molar-refractivity contribution < 1.29 is 14.6 Å². The van der Waals surface area contributed by atoms with Crippen LogP contribution in [0.2, 0.25) is 0 Å². The summed E-state index contributed by atoms with van der Waals surface area (Å²) in [5, 5.41) is 9.26. The third kappa shape index (κ3) is 4.27. The number of hydrogen-bond acceptors (Lipinski definition) is 3. The molecule has 0 unspecified atom stereocenters. The molecule has 76 valence electrons. The van der Waals surface area contributed by atoms with Crippen molar-refractivity contribution in [1.29, 1.82) is 0 Å². The molecular weight excluding hydrogens is 168 g/mol. The van der Waals surface area contributed by atoms with Gasteiger partial charge in [-0.15, -0.1) is 0 Å². The van der Waals surface area contributed by atoms with Crippen molar-refractivity contribution in [2.75, 3.05) is 6.61 Å². The first kappa shape index (κ1) is 10.5. The average Bonchev–Trinajstić information content (AvgIpc) is 2.08. The van der Waals surface area contributed by atoms with Crippen LogP contribution in [0.1, 0.15) is 39.0 Å². The van der Waals surface area contributed by atoms with Gasteiger partial charge in [0.25, 0.3) is 0 Å². The van der Waals surface area contributed by atoms with Gasteiger partial charge in [0.1, 0.15) is 0 Å². The van der Waals surface area contributed by atoms with Gasteiger partial charge in [-0.3, -0.25) is 4.79 Å². The zero-order chi connectivity index (χ0) is 9.68. The van der Waals surface area contributed by atoms with Gasteiger partial charge >= 0.3 is 5.97 Å². The summed E-state index contributed by atoms with van der Waals surface area (Å²) in [4.78, 5) is 10.5. The molecule has 0 radical (unpaired) electrons. The van der Waals surface area contributed by atoms with E-state index in [9.17, 15) is 9.90 Å². The first-order chi connectivity index (χ1) is 6.18. The van der Waals surface area contributed by atoms with E-state index in [0.29, 0.717) is 12.5 Å². The van der Waals surface area contributed by atoms with Crippen molar-refractivity contribution >= 4 is 5.97 Å². The van der Waals surface area contributed by atoms with Crippen molar-refractivity contribution in [1.82, 2.24) is 0 Å². The molecule has 0 aromatic carbocycles. The van der Waals surface area contributed by atoms with Crippen LogP contribution >= 0.6 is 0 Å². The Morgan fingerprint density at radius 2 is 2.00 bits per heavy atom. The summed E-state index contributed by atoms with van der Waals surface area (Å²) in [6.07, 6.45) is 4.82. The minimum absolute atomic E-state index is 0.0926. The molecule has 1 N–H and O–H groups in total. The molecule has 0 saturated heterocycles. The van der Waals surface area contributed by atoms with Crippen LogP contribution < -0.4 is 0 Å². The molecule has 0 heterocycles. The number of ether oxygens (including phenoxy) is 1. The maximum Gasteiger partial charge on any atom is 0.302 e. The summed E-state index contributed by atoms with van der Waals surface area (Å²) < 4.78 is 4.87. The number of rotatable bonds is 3. The Labute approximate surface area is 79.1 Å². The number of carbonyl (C=O) groups excluding carboxylic acids is 1. The Kier molecular flexibility index (Phi) is 4.22. The molecule has 0 aromatic rings. The van der Waals surface area contributed by atoms with Gasteiger partial charge in [-0.05, 0) is 38.0 Å². The molecule has 0 amide bonds. The maximum atomic E-state index is 10.5. The summed E-state index contributed by atoms with van der Waals surface area (Å²) >= 11 is 0. The van der Waals surface area contributed by atoms with Gasteiger partial charge in [0.2, 0.25) is 0 Å². The van der Waals surface area contributed by atoms with Crippen molar-refractivity contribution in [3.05, 3.63) is 0 Å². The highest BCUT2D eigenvalue weighted by Gasteiger charge is 2.18. The molecule has 1 saturated carbocycles. The van der Waals surface area contributed by atoms with Gasteiger partial charge < -0.3 is 9.84 Å². The Morgan fingerprint density at radius 1 is 1.38 bits per heavy atom. The van der Waals surface area contributed by atoms with Crippen molar-refractivity contribution in [2.45, 2.75) is 45.1 Å². The molecular formula is C10H18O3. The van der Waals surface area contributed by atoms with Crippen LogP contribution in [-0.2, 0) is 9.53 Å². The van der Waals surface area contributed by atoms with Gasteiger partial charge in [-0.2, -0.15) is 0 Å². The molecule has 0 bridgehead atoms. The smallest absolute Gasteiger partial charge is 0.302 e. The van der Waals surface area contributed by atoms with Gasteiger partial charge in [0.15, 0.2) is 0 Å². The number of hydrogen-bond donors (Lipinski definition) is 1. The van der Waals surface area contributed by atoms with E-state index >= 15 is 0 Å². The van der Waals surface area contributed by atoms with Crippen molar-refractivity contribution in [3.63, 3.8) is 0 Å². The quantitative estimate of drug-likeness (QED) is 0.679. The van der Waals surface area contributed by atoms with Gasteiger partial charge in [0.05, 0.1) is 12.7 Å². The Hall–Kier alpha value is -0.570. The van der Waals surface area contributed by atoms with Crippen LogP contribution in [0.3, 0.4) is 0 Å². The molecule has 13 heavy (non-hydrogen) atoms.